The fourth-order valence-corrected chi connectivity index (χ4v) is 0.877. The Kier molecular flexibility index (Phi) is 1.70. The molecule has 0 saturated carbocycles. The molecule has 1 aromatic heterocycles. The maximum atomic E-state index is 4.22. The molecular weight excluding hydrogens is 124 g/mol. The quantitative estimate of drug-likeness (QED) is 0.484. The molecule has 0 N–H and O–H groups in total. The Morgan fingerprint density at radius 3 is 2.40 bits per heavy atom. The van der Waals surface area contributed by atoms with Crippen molar-refractivity contribution in [2.45, 2.75) is 20.8 Å². The Hall–Kier alpha value is -0.920. The Labute approximate surface area is 61.5 Å². The van der Waals surface area contributed by atoms with E-state index >= 15 is 0 Å². The Morgan fingerprint density at radius 2 is 1.90 bits per heavy atom. The highest BCUT2D eigenvalue weighted by Gasteiger charge is 2.07. The summed E-state index contributed by atoms with van der Waals surface area (Å²) in [7, 11) is 2.05. The SMILES string of the molecule is Cc1ncc(C)[n+](C)c1C. The molecule has 2 heteroatoms. The Bertz CT molecular complexity index is 227. The van der Waals surface area contributed by atoms with Crippen molar-refractivity contribution >= 4 is 0 Å². The molecule has 1 rings (SSSR count). The predicted molar refractivity (Wildman–Crippen MR) is 39.6 cm³/mol. The number of hydrogen-bond acceptors (Lipinski definition) is 1. The van der Waals surface area contributed by atoms with Gasteiger partial charge in [0.1, 0.15) is 12.7 Å². The van der Waals surface area contributed by atoms with E-state index < -0.39 is 0 Å². The summed E-state index contributed by atoms with van der Waals surface area (Å²) >= 11 is 0. The fraction of sp³-hybridized carbons (Fsp3) is 0.500. The van der Waals surface area contributed by atoms with E-state index in [0.29, 0.717) is 0 Å². The van der Waals surface area contributed by atoms with Crippen molar-refractivity contribution in [3.05, 3.63) is 23.3 Å². The lowest BCUT2D eigenvalue weighted by molar-refractivity contribution is -0.684. The van der Waals surface area contributed by atoms with Crippen LogP contribution in [0.5, 0.6) is 0 Å². The fourth-order valence-electron chi connectivity index (χ4n) is 0.877. The first-order chi connectivity index (χ1) is 4.63. The van der Waals surface area contributed by atoms with Crippen LogP contribution < -0.4 is 4.57 Å². The molecule has 0 bridgehead atoms. The van der Waals surface area contributed by atoms with Gasteiger partial charge in [-0.2, -0.15) is 0 Å². The van der Waals surface area contributed by atoms with Gasteiger partial charge >= 0.3 is 0 Å². The van der Waals surface area contributed by atoms with Crippen LogP contribution in [0.2, 0.25) is 0 Å². The summed E-state index contributed by atoms with van der Waals surface area (Å²) in [5, 5.41) is 0. The third-order valence-electron chi connectivity index (χ3n) is 2.00. The van der Waals surface area contributed by atoms with E-state index in [-0.39, 0.29) is 0 Å². The van der Waals surface area contributed by atoms with Gasteiger partial charge in [0.05, 0.1) is 6.20 Å². The molecule has 0 aliphatic rings. The number of aromatic nitrogens is 2. The van der Waals surface area contributed by atoms with Crippen LogP contribution in [0.3, 0.4) is 0 Å². The zero-order chi connectivity index (χ0) is 7.72. The summed E-state index contributed by atoms with van der Waals surface area (Å²) in [4.78, 5) is 4.22. The Balaban J connectivity index is 3.34. The number of hydrogen-bond donors (Lipinski definition) is 0. The predicted octanol–water partition coefficient (Wildman–Crippen LogP) is 0.831. The van der Waals surface area contributed by atoms with Crippen LogP contribution in [-0.4, -0.2) is 4.98 Å². The normalized spacial score (nSPS) is 10.0. The van der Waals surface area contributed by atoms with Gasteiger partial charge in [-0.3, -0.25) is 0 Å². The van der Waals surface area contributed by atoms with Crippen LogP contribution in [-0.2, 0) is 7.05 Å². The zero-order valence-electron chi connectivity index (χ0n) is 6.97. The molecule has 1 heterocycles. The monoisotopic (exact) mass is 137 g/mol. The van der Waals surface area contributed by atoms with Crippen molar-refractivity contribution in [1.82, 2.24) is 4.98 Å². The van der Waals surface area contributed by atoms with Crippen LogP contribution in [0.4, 0.5) is 0 Å². The second kappa shape index (κ2) is 2.37. The molecule has 10 heavy (non-hydrogen) atoms. The molecule has 0 aromatic carbocycles. The highest BCUT2D eigenvalue weighted by atomic mass is 15.0. The van der Waals surface area contributed by atoms with E-state index in [0.717, 1.165) is 5.69 Å². The number of nitrogens with zero attached hydrogens (tertiary/aromatic N) is 2. The first-order valence-corrected chi connectivity index (χ1v) is 3.41. The van der Waals surface area contributed by atoms with Crippen LogP contribution in [0.25, 0.3) is 0 Å². The lowest BCUT2D eigenvalue weighted by Crippen LogP contribution is -2.36. The molecular formula is C8H13N2+. The molecule has 54 valence electrons. The minimum absolute atomic E-state index is 1.10. The second-order valence-corrected chi connectivity index (χ2v) is 2.63. The minimum atomic E-state index is 1.10. The lowest BCUT2D eigenvalue weighted by atomic mass is 10.3. The van der Waals surface area contributed by atoms with Gasteiger partial charge in [-0.15, -0.1) is 0 Å². The van der Waals surface area contributed by atoms with Gasteiger partial charge in [0, 0.05) is 13.8 Å². The molecule has 0 fully saturated rings. The van der Waals surface area contributed by atoms with Gasteiger partial charge in [0.25, 0.3) is 0 Å². The molecule has 0 aliphatic heterocycles. The summed E-state index contributed by atoms with van der Waals surface area (Å²) in [6.45, 7) is 6.16. The number of aryl methyl sites for hydroxylation is 2. The first kappa shape index (κ1) is 7.19. The summed E-state index contributed by atoms with van der Waals surface area (Å²) < 4.78 is 2.14. The molecule has 0 radical (unpaired) electrons. The van der Waals surface area contributed by atoms with E-state index in [2.05, 4.69) is 30.4 Å². The third kappa shape index (κ3) is 1.01. The van der Waals surface area contributed by atoms with Crippen molar-refractivity contribution in [3.8, 4) is 0 Å². The summed E-state index contributed by atoms with van der Waals surface area (Å²) in [6, 6.07) is 0. The van der Waals surface area contributed by atoms with E-state index in [1.54, 1.807) is 0 Å². The van der Waals surface area contributed by atoms with Crippen LogP contribution in [0.15, 0.2) is 6.20 Å². The molecule has 0 amide bonds. The molecule has 0 spiro atoms. The van der Waals surface area contributed by atoms with Gasteiger partial charge in [0.2, 0.25) is 0 Å². The molecule has 1 aromatic rings. The number of rotatable bonds is 0. The third-order valence-corrected chi connectivity index (χ3v) is 2.00. The van der Waals surface area contributed by atoms with Crippen LogP contribution >= 0.6 is 0 Å². The van der Waals surface area contributed by atoms with Crippen molar-refractivity contribution in [2.75, 3.05) is 0 Å². The smallest absolute Gasteiger partial charge is 0.199 e. The molecule has 0 aliphatic carbocycles. The highest BCUT2D eigenvalue weighted by Crippen LogP contribution is 1.95. The largest absolute Gasteiger partial charge is 0.249 e. The van der Waals surface area contributed by atoms with E-state index in [1.807, 2.05) is 13.1 Å². The highest BCUT2D eigenvalue weighted by molar-refractivity contribution is 5.01. The topological polar surface area (TPSA) is 16.8 Å². The van der Waals surface area contributed by atoms with Crippen molar-refractivity contribution in [3.63, 3.8) is 0 Å². The maximum Gasteiger partial charge on any atom is 0.199 e. The average Bonchev–Trinajstić information content (AvgIpc) is 1.93. The second-order valence-electron chi connectivity index (χ2n) is 2.63. The van der Waals surface area contributed by atoms with E-state index in [4.69, 9.17) is 0 Å². The van der Waals surface area contributed by atoms with Gasteiger partial charge in [0.15, 0.2) is 11.4 Å². The summed E-state index contributed by atoms with van der Waals surface area (Å²) in [5.74, 6) is 0. The average molecular weight is 137 g/mol. The first-order valence-electron chi connectivity index (χ1n) is 3.41. The zero-order valence-corrected chi connectivity index (χ0v) is 6.97. The van der Waals surface area contributed by atoms with Crippen molar-refractivity contribution in [1.29, 1.82) is 0 Å². The van der Waals surface area contributed by atoms with Gasteiger partial charge in [-0.25, -0.2) is 9.55 Å². The maximum absolute atomic E-state index is 4.22. The minimum Gasteiger partial charge on any atom is -0.249 e. The molecule has 0 saturated heterocycles. The van der Waals surface area contributed by atoms with Crippen molar-refractivity contribution in [2.24, 2.45) is 7.05 Å². The molecule has 0 unspecified atom stereocenters. The molecule has 2 nitrogen and oxygen atoms in total. The van der Waals surface area contributed by atoms with Crippen molar-refractivity contribution < 1.29 is 4.57 Å². The van der Waals surface area contributed by atoms with E-state index in [1.165, 1.54) is 11.4 Å². The summed E-state index contributed by atoms with van der Waals surface area (Å²) in [5.41, 5.74) is 3.54. The summed E-state index contributed by atoms with van der Waals surface area (Å²) in [6.07, 6.45) is 1.89. The standard InChI is InChI=1S/C8H13N2/c1-6-5-9-7(2)8(3)10(6)4/h5H,1-4H3/q+1. The lowest BCUT2D eigenvalue weighted by Gasteiger charge is -1.98. The van der Waals surface area contributed by atoms with Crippen LogP contribution in [0, 0.1) is 20.8 Å². The van der Waals surface area contributed by atoms with Crippen LogP contribution in [0.1, 0.15) is 17.1 Å². The van der Waals surface area contributed by atoms with E-state index in [9.17, 15) is 0 Å². The Morgan fingerprint density at radius 1 is 1.30 bits per heavy atom. The van der Waals surface area contributed by atoms with Gasteiger partial charge in [-0.05, 0) is 6.92 Å². The van der Waals surface area contributed by atoms with Gasteiger partial charge < -0.3 is 0 Å². The van der Waals surface area contributed by atoms with Gasteiger partial charge in [-0.1, -0.05) is 0 Å². The molecule has 0 atom stereocenters.